The number of hydrogen-bond donors (Lipinski definition) is 1. The maximum Gasteiger partial charge on any atom is 0.238 e. The van der Waals surface area contributed by atoms with E-state index in [1.807, 2.05) is 6.07 Å². The normalized spacial score (nSPS) is 16.1. The first kappa shape index (κ1) is 10.1. The van der Waals surface area contributed by atoms with Crippen LogP contribution in [0.1, 0.15) is 12.0 Å². The van der Waals surface area contributed by atoms with Gasteiger partial charge in [0.05, 0.1) is 0 Å². The molecule has 0 spiro atoms. The van der Waals surface area contributed by atoms with Gasteiger partial charge in [0.1, 0.15) is 5.82 Å². The van der Waals surface area contributed by atoms with E-state index in [1.165, 1.54) is 12.1 Å². The highest BCUT2D eigenvalue weighted by Gasteiger charge is 2.18. The molecule has 1 heterocycles. The zero-order valence-corrected chi connectivity index (χ0v) is 8.37. The first-order valence-electron chi connectivity index (χ1n) is 5.04. The van der Waals surface area contributed by atoms with E-state index < -0.39 is 0 Å². The molecular formula is C11H13FN2O. The first-order chi connectivity index (χ1) is 7.25. The van der Waals surface area contributed by atoms with Crippen LogP contribution in [0.5, 0.6) is 0 Å². The maximum absolute atomic E-state index is 12.8. The van der Waals surface area contributed by atoms with E-state index in [9.17, 15) is 9.18 Å². The van der Waals surface area contributed by atoms with E-state index in [0.29, 0.717) is 25.9 Å². The number of halogens is 1. The van der Waals surface area contributed by atoms with E-state index >= 15 is 0 Å². The van der Waals surface area contributed by atoms with Crippen LogP contribution >= 0.6 is 0 Å². The van der Waals surface area contributed by atoms with Crippen molar-refractivity contribution in [2.24, 2.45) is 0 Å². The Morgan fingerprint density at radius 1 is 1.47 bits per heavy atom. The molecular weight excluding hydrogens is 195 g/mol. The van der Waals surface area contributed by atoms with Crippen LogP contribution in [0.25, 0.3) is 0 Å². The molecule has 0 aliphatic carbocycles. The number of amides is 1. The summed E-state index contributed by atoms with van der Waals surface area (Å²) in [7, 11) is 0. The molecule has 0 saturated carbocycles. The highest BCUT2D eigenvalue weighted by Crippen LogP contribution is 2.06. The van der Waals surface area contributed by atoms with Crippen molar-refractivity contribution >= 4 is 5.91 Å². The maximum atomic E-state index is 12.8. The SMILES string of the molecule is O=C1CCNN1CCc1cccc(F)c1. The third-order valence-electron chi connectivity index (χ3n) is 2.46. The van der Waals surface area contributed by atoms with Crippen LogP contribution in [0.15, 0.2) is 24.3 Å². The molecule has 0 radical (unpaired) electrons. The number of carbonyl (C=O) groups is 1. The van der Waals surface area contributed by atoms with Crippen LogP contribution in [-0.2, 0) is 11.2 Å². The van der Waals surface area contributed by atoms with Crippen LogP contribution in [-0.4, -0.2) is 24.0 Å². The van der Waals surface area contributed by atoms with Crippen molar-refractivity contribution in [3.63, 3.8) is 0 Å². The van der Waals surface area contributed by atoms with Gasteiger partial charge < -0.3 is 0 Å². The highest BCUT2D eigenvalue weighted by atomic mass is 19.1. The number of nitrogens with zero attached hydrogens (tertiary/aromatic N) is 1. The van der Waals surface area contributed by atoms with E-state index in [0.717, 1.165) is 5.56 Å². The van der Waals surface area contributed by atoms with Crippen molar-refractivity contribution in [1.82, 2.24) is 10.4 Å². The summed E-state index contributed by atoms with van der Waals surface area (Å²) in [6.07, 6.45) is 1.24. The molecule has 1 aliphatic rings. The summed E-state index contributed by atoms with van der Waals surface area (Å²) in [6, 6.07) is 6.47. The van der Waals surface area contributed by atoms with Crippen molar-refractivity contribution in [2.75, 3.05) is 13.1 Å². The van der Waals surface area contributed by atoms with Crippen LogP contribution in [0, 0.1) is 5.82 Å². The largest absolute Gasteiger partial charge is 0.278 e. The molecule has 1 amide bonds. The minimum Gasteiger partial charge on any atom is -0.278 e. The molecule has 1 aliphatic heterocycles. The van der Waals surface area contributed by atoms with Gasteiger partial charge in [0.2, 0.25) is 5.91 Å². The van der Waals surface area contributed by atoms with E-state index in [4.69, 9.17) is 0 Å². The number of nitrogens with one attached hydrogen (secondary N) is 1. The Balaban J connectivity index is 1.90. The number of rotatable bonds is 3. The summed E-state index contributed by atoms with van der Waals surface area (Å²) in [6.45, 7) is 1.31. The van der Waals surface area contributed by atoms with Gasteiger partial charge >= 0.3 is 0 Å². The van der Waals surface area contributed by atoms with Gasteiger partial charge in [-0.05, 0) is 24.1 Å². The molecule has 0 unspecified atom stereocenters. The van der Waals surface area contributed by atoms with Crippen molar-refractivity contribution in [1.29, 1.82) is 0 Å². The monoisotopic (exact) mass is 208 g/mol. The van der Waals surface area contributed by atoms with Crippen molar-refractivity contribution in [3.8, 4) is 0 Å². The Kier molecular flexibility index (Phi) is 2.97. The molecule has 1 N–H and O–H groups in total. The summed E-state index contributed by atoms with van der Waals surface area (Å²) < 4.78 is 12.8. The molecule has 1 saturated heterocycles. The highest BCUT2D eigenvalue weighted by molar-refractivity contribution is 5.77. The molecule has 15 heavy (non-hydrogen) atoms. The lowest BCUT2D eigenvalue weighted by atomic mass is 10.1. The van der Waals surface area contributed by atoms with Crippen LogP contribution in [0.4, 0.5) is 4.39 Å². The Labute approximate surface area is 87.9 Å². The number of hydrogen-bond acceptors (Lipinski definition) is 2. The molecule has 0 aromatic heterocycles. The third-order valence-corrected chi connectivity index (χ3v) is 2.46. The van der Waals surface area contributed by atoms with Crippen molar-refractivity contribution < 1.29 is 9.18 Å². The lowest BCUT2D eigenvalue weighted by Crippen LogP contribution is -2.35. The fourth-order valence-electron chi connectivity index (χ4n) is 1.66. The second-order valence-corrected chi connectivity index (χ2v) is 3.58. The van der Waals surface area contributed by atoms with Crippen LogP contribution in [0.3, 0.4) is 0 Å². The van der Waals surface area contributed by atoms with Gasteiger partial charge in [-0.2, -0.15) is 0 Å². The fourth-order valence-corrected chi connectivity index (χ4v) is 1.66. The smallest absolute Gasteiger partial charge is 0.238 e. The van der Waals surface area contributed by atoms with Crippen molar-refractivity contribution in [3.05, 3.63) is 35.6 Å². The molecule has 4 heteroatoms. The minimum absolute atomic E-state index is 0.117. The van der Waals surface area contributed by atoms with Crippen LogP contribution in [0.2, 0.25) is 0 Å². The Morgan fingerprint density at radius 3 is 3.00 bits per heavy atom. The predicted octanol–water partition coefficient (Wildman–Crippen LogP) is 1.11. The minimum atomic E-state index is -0.229. The second-order valence-electron chi connectivity index (χ2n) is 3.58. The molecule has 1 aromatic rings. The van der Waals surface area contributed by atoms with Gasteiger partial charge in [-0.25, -0.2) is 9.82 Å². The van der Waals surface area contributed by atoms with Crippen LogP contribution < -0.4 is 5.43 Å². The van der Waals surface area contributed by atoms with Gasteiger partial charge in [0.25, 0.3) is 0 Å². The van der Waals surface area contributed by atoms with Gasteiger partial charge in [-0.1, -0.05) is 12.1 Å². The Bertz CT molecular complexity index is 367. The third kappa shape index (κ3) is 2.53. The van der Waals surface area contributed by atoms with Crippen molar-refractivity contribution in [2.45, 2.75) is 12.8 Å². The van der Waals surface area contributed by atoms with Gasteiger partial charge in [0, 0.05) is 19.5 Å². The van der Waals surface area contributed by atoms with E-state index in [2.05, 4.69) is 5.43 Å². The molecule has 2 rings (SSSR count). The quantitative estimate of drug-likeness (QED) is 0.807. The lowest BCUT2D eigenvalue weighted by Gasteiger charge is -2.15. The Morgan fingerprint density at radius 2 is 2.33 bits per heavy atom. The van der Waals surface area contributed by atoms with Gasteiger partial charge in [-0.15, -0.1) is 0 Å². The summed E-state index contributed by atoms with van der Waals surface area (Å²) >= 11 is 0. The van der Waals surface area contributed by atoms with E-state index in [1.54, 1.807) is 11.1 Å². The fraction of sp³-hybridized carbons (Fsp3) is 0.364. The summed E-state index contributed by atoms with van der Waals surface area (Å²) in [5.74, 6) is -0.111. The second kappa shape index (κ2) is 4.40. The molecule has 1 fully saturated rings. The molecule has 3 nitrogen and oxygen atoms in total. The van der Waals surface area contributed by atoms with Gasteiger partial charge in [-0.3, -0.25) is 9.80 Å². The average molecular weight is 208 g/mol. The van der Waals surface area contributed by atoms with E-state index in [-0.39, 0.29) is 11.7 Å². The Hall–Kier alpha value is -1.42. The molecule has 1 aromatic carbocycles. The zero-order valence-electron chi connectivity index (χ0n) is 8.37. The molecule has 0 bridgehead atoms. The summed E-state index contributed by atoms with van der Waals surface area (Å²) in [5.41, 5.74) is 3.89. The summed E-state index contributed by atoms with van der Waals surface area (Å²) in [5, 5.41) is 1.60. The average Bonchev–Trinajstić information content (AvgIpc) is 2.61. The first-order valence-corrected chi connectivity index (χ1v) is 5.04. The molecule has 0 atom stereocenters. The molecule has 80 valence electrons. The predicted molar refractivity (Wildman–Crippen MR) is 54.4 cm³/mol. The number of hydrazine groups is 1. The standard InChI is InChI=1S/C11H13FN2O/c12-10-3-1-2-9(8-10)5-7-14-11(15)4-6-13-14/h1-3,8,13H,4-7H2. The number of carbonyl (C=O) groups excluding carboxylic acids is 1. The zero-order chi connectivity index (χ0) is 10.7. The topological polar surface area (TPSA) is 32.3 Å². The number of benzene rings is 1. The summed E-state index contributed by atoms with van der Waals surface area (Å²) in [4.78, 5) is 11.3. The van der Waals surface area contributed by atoms with Gasteiger partial charge in [0.15, 0.2) is 0 Å². The lowest BCUT2D eigenvalue weighted by molar-refractivity contribution is -0.129.